The zero-order valence-electron chi connectivity index (χ0n) is 13.8. The van der Waals surface area contributed by atoms with Crippen LogP contribution in [0.1, 0.15) is 30.1 Å². The van der Waals surface area contributed by atoms with Gasteiger partial charge in [0.1, 0.15) is 11.5 Å². The lowest BCUT2D eigenvalue weighted by Crippen LogP contribution is -2.16. The fourth-order valence-corrected chi connectivity index (χ4v) is 2.31. The van der Waals surface area contributed by atoms with Crippen molar-refractivity contribution in [2.24, 2.45) is 0 Å². The van der Waals surface area contributed by atoms with E-state index < -0.39 is 0 Å². The highest BCUT2D eigenvalue weighted by Crippen LogP contribution is 2.17. The number of carbonyl (C=O) groups excluding carboxylic acids is 1. The summed E-state index contributed by atoms with van der Waals surface area (Å²) in [6.45, 7) is 2.33. The lowest BCUT2D eigenvalue weighted by molar-refractivity contribution is 0.0888. The molecule has 0 atom stereocenters. The first-order valence-electron chi connectivity index (χ1n) is 8.07. The molecule has 3 rings (SSSR count). The molecule has 128 valence electrons. The SMILES string of the molecule is CCCC(=O)n1nc(-c2ccccn2)nc1NCc1ccc(F)cc1. The number of nitrogens with one attached hydrogen (secondary N) is 1. The van der Waals surface area contributed by atoms with Gasteiger partial charge in [0.05, 0.1) is 0 Å². The van der Waals surface area contributed by atoms with Crippen LogP contribution in [0.15, 0.2) is 48.7 Å². The molecule has 1 aromatic carbocycles. The summed E-state index contributed by atoms with van der Waals surface area (Å²) in [6.07, 6.45) is 2.74. The van der Waals surface area contributed by atoms with Gasteiger partial charge in [0.15, 0.2) is 0 Å². The molecule has 0 spiro atoms. The number of benzene rings is 1. The van der Waals surface area contributed by atoms with Crippen molar-refractivity contribution in [2.75, 3.05) is 5.32 Å². The Morgan fingerprint density at radius 1 is 1.20 bits per heavy atom. The average Bonchev–Trinajstić information content (AvgIpc) is 3.07. The summed E-state index contributed by atoms with van der Waals surface area (Å²) in [5, 5.41) is 7.39. The van der Waals surface area contributed by atoms with Crippen molar-refractivity contribution in [3.05, 3.63) is 60.0 Å². The normalized spacial score (nSPS) is 10.6. The molecule has 0 radical (unpaired) electrons. The van der Waals surface area contributed by atoms with E-state index in [-0.39, 0.29) is 11.7 Å². The van der Waals surface area contributed by atoms with E-state index in [9.17, 15) is 9.18 Å². The molecule has 0 aliphatic carbocycles. The molecule has 0 saturated heterocycles. The molecule has 2 heterocycles. The summed E-state index contributed by atoms with van der Waals surface area (Å²) in [7, 11) is 0. The smallest absolute Gasteiger partial charge is 0.250 e. The summed E-state index contributed by atoms with van der Waals surface area (Å²) in [4.78, 5) is 20.9. The van der Waals surface area contributed by atoms with Crippen molar-refractivity contribution < 1.29 is 9.18 Å². The molecule has 0 amide bonds. The number of pyridine rings is 1. The highest BCUT2D eigenvalue weighted by atomic mass is 19.1. The fourth-order valence-electron chi connectivity index (χ4n) is 2.31. The van der Waals surface area contributed by atoms with Crippen molar-refractivity contribution in [2.45, 2.75) is 26.3 Å². The van der Waals surface area contributed by atoms with Crippen LogP contribution in [0, 0.1) is 5.82 Å². The number of hydrogen-bond acceptors (Lipinski definition) is 5. The average molecular weight is 339 g/mol. The summed E-state index contributed by atoms with van der Waals surface area (Å²) in [6, 6.07) is 11.6. The van der Waals surface area contributed by atoms with Crippen LogP contribution in [0.4, 0.5) is 10.3 Å². The van der Waals surface area contributed by atoms with Gasteiger partial charge in [-0.1, -0.05) is 25.1 Å². The molecule has 0 fully saturated rings. The first-order chi connectivity index (χ1) is 12.2. The fraction of sp³-hybridized carbons (Fsp3) is 0.222. The summed E-state index contributed by atoms with van der Waals surface area (Å²) >= 11 is 0. The van der Waals surface area contributed by atoms with Crippen molar-refractivity contribution in [1.29, 1.82) is 0 Å². The van der Waals surface area contributed by atoms with Gasteiger partial charge in [0.2, 0.25) is 17.7 Å². The zero-order valence-corrected chi connectivity index (χ0v) is 13.8. The number of carbonyl (C=O) groups is 1. The van der Waals surface area contributed by atoms with Crippen LogP contribution >= 0.6 is 0 Å². The van der Waals surface area contributed by atoms with Gasteiger partial charge in [-0.15, -0.1) is 5.10 Å². The Hall–Kier alpha value is -3.09. The number of rotatable bonds is 6. The second-order valence-corrected chi connectivity index (χ2v) is 5.51. The molecule has 2 aromatic heterocycles. The highest BCUT2D eigenvalue weighted by molar-refractivity contribution is 5.81. The molecule has 3 aromatic rings. The monoisotopic (exact) mass is 339 g/mol. The molecule has 0 bridgehead atoms. The van der Waals surface area contributed by atoms with Gasteiger partial charge in [0, 0.05) is 19.2 Å². The predicted molar refractivity (Wildman–Crippen MR) is 92.5 cm³/mol. The van der Waals surface area contributed by atoms with Crippen molar-refractivity contribution in [3.8, 4) is 11.5 Å². The van der Waals surface area contributed by atoms with Gasteiger partial charge < -0.3 is 5.32 Å². The largest absolute Gasteiger partial charge is 0.350 e. The molecular weight excluding hydrogens is 321 g/mol. The van der Waals surface area contributed by atoms with E-state index in [1.54, 1.807) is 30.5 Å². The Labute approximate surface area is 144 Å². The third-order valence-electron chi connectivity index (χ3n) is 3.57. The Morgan fingerprint density at radius 2 is 2.00 bits per heavy atom. The number of hydrogen-bond donors (Lipinski definition) is 1. The van der Waals surface area contributed by atoms with Gasteiger partial charge in [-0.2, -0.15) is 9.67 Å². The zero-order chi connectivity index (χ0) is 17.6. The maximum atomic E-state index is 13.0. The van der Waals surface area contributed by atoms with Crippen LogP contribution < -0.4 is 5.32 Å². The minimum absolute atomic E-state index is 0.140. The van der Waals surface area contributed by atoms with Gasteiger partial charge in [-0.25, -0.2) is 4.39 Å². The van der Waals surface area contributed by atoms with E-state index in [0.29, 0.717) is 30.4 Å². The lowest BCUT2D eigenvalue weighted by atomic mass is 10.2. The molecule has 6 nitrogen and oxygen atoms in total. The highest BCUT2D eigenvalue weighted by Gasteiger charge is 2.17. The van der Waals surface area contributed by atoms with Gasteiger partial charge in [-0.05, 0) is 36.2 Å². The molecule has 7 heteroatoms. The predicted octanol–water partition coefficient (Wildman–Crippen LogP) is 3.53. The second kappa shape index (κ2) is 7.65. The Balaban J connectivity index is 1.86. The van der Waals surface area contributed by atoms with E-state index in [4.69, 9.17) is 0 Å². The Kier molecular flexibility index (Phi) is 5.13. The van der Waals surface area contributed by atoms with E-state index in [2.05, 4.69) is 20.4 Å². The molecule has 0 aliphatic heterocycles. The molecule has 0 unspecified atom stereocenters. The van der Waals surface area contributed by atoms with E-state index in [1.165, 1.54) is 16.8 Å². The topological polar surface area (TPSA) is 72.7 Å². The lowest BCUT2D eigenvalue weighted by Gasteiger charge is -2.06. The van der Waals surface area contributed by atoms with Crippen LogP contribution in [0.3, 0.4) is 0 Å². The van der Waals surface area contributed by atoms with Crippen LogP contribution in [0.2, 0.25) is 0 Å². The minimum atomic E-state index is -0.289. The maximum Gasteiger partial charge on any atom is 0.250 e. The molecular formula is C18H18FN5O. The summed E-state index contributed by atoms with van der Waals surface area (Å²) in [5.41, 5.74) is 1.47. The molecule has 0 aliphatic rings. The number of aromatic nitrogens is 4. The Morgan fingerprint density at radius 3 is 2.68 bits per heavy atom. The van der Waals surface area contributed by atoms with Crippen LogP contribution in [0.5, 0.6) is 0 Å². The van der Waals surface area contributed by atoms with Crippen molar-refractivity contribution in [1.82, 2.24) is 19.7 Å². The van der Waals surface area contributed by atoms with E-state index in [0.717, 1.165) is 12.0 Å². The van der Waals surface area contributed by atoms with Crippen molar-refractivity contribution >= 4 is 11.9 Å². The third-order valence-corrected chi connectivity index (χ3v) is 3.57. The number of nitrogens with zero attached hydrogens (tertiary/aromatic N) is 4. The first-order valence-corrected chi connectivity index (χ1v) is 8.07. The van der Waals surface area contributed by atoms with Gasteiger partial charge >= 0.3 is 0 Å². The number of anilines is 1. The summed E-state index contributed by atoms with van der Waals surface area (Å²) < 4.78 is 14.3. The van der Waals surface area contributed by atoms with E-state index >= 15 is 0 Å². The van der Waals surface area contributed by atoms with Crippen LogP contribution in [0.25, 0.3) is 11.5 Å². The third kappa shape index (κ3) is 4.06. The minimum Gasteiger partial charge on any atom is -0.350 e. The number of halogens is 1. The van der Waals surface area contributed by atoms with Gasteiger partial charge in [0.25, 0.3) is 0 Å². The van der Waals surface area contributed by atoms with Crippen LogP contribution in [-0.4, -0.2) is 25.7 Å². The standard InChI is InChI=1S/C18H18FN5O/c1-2-5-16(25)24-18(21-12-13-7-9-14(19)10-8-13)22-17(23-24)15-6-3-4-11-20-15/h3-4,6-11H,2,5,12H2,1H3,(H,21,22,23). The van der Waals surface area contributed by atoms with Crippen molar-refractivity contribution in [3.63, 3.8) is 0 Å². The summed E-state index contributed by atoms with van der Waals surface area (Å²) in [5.74, 6) is 0.302. The quantitative estimate of drug-likeness (QED) is 0.744. The van der Waals surface area contributed by atoms with E-state index in [1.807, 2.05) is 13.0 Å². The maximum absolute atomic E-state index is 13.0. The first kappa shape index (κ1) is 16.8. The molecule has 25 heavy (non-hydrogen) atoms. The second-order valence-electron chi connectivity index (χ2n) is 5.51. The molecule has 1 N–H and O–H groups in total. The molecule has 0 saturated carbocycles. The van der Waals surface area contributed by atoms with Crippen LogP contribution in [-0.2, 0) is 6.54 Å². The Bertz CT molecular complexity index is 846. The van der Waals surface area contributed by atoms with Gasteiger partial charge in [-0.3, -0.25) is 9.78 Å².